The molecule has 1 aromatic heterocycles. The summed E-state index contributed by atoms with van der Waals surface area (Å²) in [6.45, 7) is 0. The average Bonchev–Trinajstić information content (AvgIpc) is 3.15. The van der Waals surface area contributed by atoms with Gasteiger partial charge in [-0.15, -0.1) is 0 Å². The van der Waals surface area contributed by atoms with Crippen molar-refractivity contribution in [2.75, 3.05) is 0 Å². The van der Waals surface area contributed by atoms with Gasteiger partial charge >= 0.3 is 0 Å². The van der Waals surface area contributed by atoms with Crippen LogP contribution in [0.15, 0.2) is 176 Å². The Hall–Kier alpha value is -6.25. The van der Waals surface area contributed by atoms with E-state index in [1.54, 1.807) is 0 Å². The van der Waals surface area contributed by atoms with Crippen molar-refractivity contribution in [3.8, 4) is 44.9 Å². The molecule has 0 N–H and O–H groups in total. The van der Waals surface area contributed by atoms with Crippen molar-refractivity contribution < 1.29 is 4.74 Å². The van der Waals surface area contributed by atoms with Gasteiger partial charge in [0, 0.05) is 28.6 Å². The van der Waals surface area contributed by atoms with E-state index in [0.29, 0.717) is 0 Å². The van der Waals surface area contributed by atoms with Gasteiger partial charge in [0.15, 0.2) is 0 Å². The maximum atomic E-state index is 6.98. The molecule has 0 atom stereocenters. The number of benzene rings is 8. The third kappa shape index (κ3) is 4.62. The summed E-state index contributed by atoms with van der Waals surface area (Å²) in [5.41, 5.74) is 6.98. The first kappa shape index (κ1) is 27.1. The Bertz CT molecular complexity index is 2530. The van der Waals surface area contributed by atoms with Gasteiger partial charge in [0.25, 0.3) is 0 Å². The summed E-state index contributed by atoms with van der Waals surface area (Å²) >= 11 is 0. The highest BCUT2D eigenvalue weighted by atomic mass is 16.5. The smallest absolute Gasteiger partial charge is 0.143 e. The topological polar surface area (TPSA) is 22.1 Å². The van der Waals surface area contributed by atoms with Crippen LogP contribution >= 0.6 is 0 Å². The van der Waals surface area contributed by atoms with E-state index in [9.17, 15) is 0 Å². The Kier molecular flexibility index (Phi) is 6.50. The van der Waals surface area contributed by atoms with Gasteiger partial charge in [-0.3, -0.25) is 4.98 Å². The molecular weight excluding hydrogens is 571 g/mol. The van der Waals surface area contributed by atoms with Crippen molar-refractivity contribution in [3.05, 3.63) is 176 Å². The lowest BCUT2D eigenvalue weighted by Gasteiger charge is -2.20. The number of aromatic nitrogens is 1. The average molecular weight is 600 g/mol. The van der Waals surface area contributed by atoms with Crippen molar-refractivity contribution in [3.63, 3.8) is 0 Å². The number of hydrogen-bond acceptors (Lipinski definition) is 2. The fraction of sp³-hybridized carbons (Fsp3) is 0. The van der Waals surface area contributed by atoms with Crippen LogP contribution in [-0.2, 0) is 0 Å². The first-order valence-electron chi connectivity index (χ1n) is 16.0. The second-order valence-electron chi connectivity index (χ2n) is 11.9. The van der Waals surface area contributed by atoms with Crippen LogP contribution in [0, 0.1) is 0 Å². The van der Waals surface area contributed by atoms with E-state index in [-0.39, 0.29) is 0 Å². The molecule has 220 valence electrons. The number of rotatable bonds is 5. The maximum absolute atomic E-state index is 6.98. The van der Waals surface area contributed by atoms with Crippen LogP contribution in [0.1, 0.15) is 0 Å². The molecular formula is C45H29NO. The lowest BCUT2D eigenvalue weighted by Crippen LogP contribution is -1.94. The normalized spacial score (nSPS) is 11.4. The number of hydrogen-bond donors (Lipinski definition) is 0. The molecule has 8 aromatic carbocycles. The maximum Gasteiger partial charge on any atom is 0.143 e. The van der Waals surface area contributed by atoms with Crippen LogP contribution in [-0.4, -0.2) is 4.98 Å². The molecule has 9 aromatic rings. The van der Waals surface area contributed by atoms with E-state index in [1.807, 2.05) is 12.4 Å². The van der Waals surface area contributed by atoms with Gasteiger partial charge in [-0.1, -0.05) is 140 Å². The van der Waals surface area contributed by atoms with Crippen molar-refractivity contribution in [1.29, 1.82) is 0 Å². The minimum absolute atomic E-state index is 0.788. The third-order valence-electron chi connectivity index (χ3n) is 9.19. The Morgan fingerprint density at radius 3 is 1.74 bits per heavy atom. The summed E-state index contributed by atoms with van der Waals surface area (Å²) in [5, 5.41) is 9.22. The fourth-order valence-electron chi connectivity index (χ4n) is 7.07. The zero-order chi connectivity index (χ0) is 31.2. The molecule has 1 heterocycles. The highest BCUT2D eigenvalue weighted by molar-refractivity contribution is 6.23. The Balaban J connectivity index is 1.29. The lowest BCUT2D eigenvalue weighted by atomic mass is 9.87. The first-order chi connectivity index (χ1) is 23.3. The second-order valence-corrected chi connectivity index (χ2v) is 11.9. The Morgan fingerprint density at radius 2 is 0.979 bits per heavy atom. The third-order valence-corrected chi connectivity index (χ3v) is 9.19. The predicted molar refractivity (Wildman–Crippen MR) is 197 cm³/mol. The van der Waals surface area contributed by atoms with Crippen molar-refractivity contribution in [2.45, 2.75) is 0 Å². The van der Waals surface area contributed by atoms with Gasteiger partial charge in [0.1, 0.15) is 11.5 Å². The summed E-state index contributed by atoms with van der Waals surface area (Å²) in [6, 6.07) is 57.9. The molecule has 0 saturated carbocycles. The van der Waals surface area contributed by atoms with Crippen molar-refractivity contribution >= 4 is 43.1 Å². The number of pyridine rings is 1. The number of nitrogens with zero attached hydrogens (tertiary/aromatic N) is 1. The zero-order valence-corrected chi connectivity index (χ0v) is 25.6. The van der Waals surface area contributed by atoms with Gasteiger partial charge < -0.3 is 4.74 Å². The standard InChI is InChI=1S/C45H29NO/c1-3-13-30(14-4-1)35-24-23-33(28-41(35)31-15-5-2-6-16-31)47-45-39-22-12-11-21-38(39)44(43-29-46-26-25-40(43)45)42-27-32-17-7-8-18-34(32)36-19-9-10-20-37(36)42/h1-29H. The van der Waals surface area contributed by atoms with E-state index in [2.05, 4.69) is 169 Å². The molecule has 0 amide bonds. The minimum atomic E-state index is 0.788. The molecule has 0 aliphatic heterocycles. The van der Waals surface area contributed by atoms with Gasteiger partial charge in [0.05, 0.1) is 0 Å². The number of fused-ring (bicyclic) bond motifs is 5. The highest BCUT2D eigenvalue weighted by Gasteiger charge is 2.20. The van der Waals surface area contributed by atoms with Crippen LogP contribution in [0.5, 0.6) is 11.5 Å². The summed E-state index contributed by atoms with van der Waals surface area (Å²) in [7, 11) is 0. The quantitative estimate of drug-likeness (QED) is 0.145. The lowest BCUT2D eigenvalue weighted by molar-refractivity contribution is 0.494. The van der Waals surface area contributed by atoms with Crippen molar-refractivity contribution in [1.82, 2.24) is 4.98 Å². The van der Waals surface area contributed by atoms with Crippen LogP contribution in [0.3, 0.4) is 0 Å². The molecule has 0 radical (unpaired) electrons. The van der Waals surface area contributed by atoms with Gasteiger partial charge in [-0.05, 0) is 84.6 Å². The van der Waals surface area contributed by atoms with E-state index < -0.39 is 0 Å². The largest absolute Gasteiger partial charge is 0.456 e. The Morgan fingerprint density at radius 1 is 0.383 bits per heavy atom. The van der Waals surface area contributed by atoms with E-state index in [1.165, 1.54) is 43.8 Å². The first-order valence-corrected chi connectivity index (χ1v) is 16.0. The molecule has 47 heavy (non-hydrogen) atoms. The van der Waals surface area contributed by atoms with Crippen LogP contribution in [0.4, 0.5) is 0 Å². The fourth-order valence-corrected chi connectivity index (χ4v) is 7.07. The summed E-state index contributed by atoms with van der Waals surface area (Å²) < 4.78 is 6.98. The molecule has 9 rings (SSSR count). The van der Waals surface area contributed by atoms with Crippen LogP contribution in [0.25, 0.3) is 76.5 Å². The van der Waals surface area contributed by atoms with Gasteiger partial charge in [-0.2, -0.15) is 0 Å². The van der Waals surface area contributed by atoms with Gasteiger partial charge in [0.2, 0.25) is 0 Å². The SMILES string of the molecule is c1ccc(-c2ccc(Oc3c4ccccc4c(-c4cc5ccccc5c5ccccc45)c4cnccc34)cc2-c2ccccc2)cc1. The van der Waals surface area contributed by atoms with Crippen molar-refractivity contribution in [2.24, 2.45) is 0 Å². The van der Waals surface area contributed by atoms with E-state index >= 15 is 0 Å². The molecule has 0 unspecified atom stereocenters. The van der Waals surface area contributed by atoms with Crippen LogP contribution in [0.2, 0.25) is 0 Å². The minimum Gasteiger partial charge on any atom is -0.456 e. The van der Waals surface area contributed by atoms with E-state index in [0.717, 1.165) is 44.2 Å². The summed E-state index contributed by atoms with van der Waals surface area (Å²) in [4.78, 5) is 4.64. The molecule has 0 aliphatic carbocycles. The predicted octanol–water partition coefficient (Wildman–Crippen LogP) is 12.5. The number of ether oxygens (including phenoxy) is 1. The molecule has 2 heteroatoms. The molecule has 0 bridgehead atoms. The zero-order valence-electron chi connectivity index (χ0n) is 25.6. The molecule has 2 nitrogen and oxygen atoms in total. The molecule has 0 spiro atoms. The monoisotopic (exact) mass is 599 g/mol. The highest BCUT2D eigenvalue weighted by Crippen LogP contribution is 2.47. The molecule has 0 fully saturated rings. The Labute approximate surface area is 273 Å². The molecule has 0 saturated heterocycles. The van der Waals surface area contributed by atoms with Crippen LogP contribution < -0.4 is 4.74 Å². The second kappa shape index (κ2) is 11.3. The van der Waals surface area contributed by atoms with Gasteiger partial charge in [-0.25, -0.2) is 0 Å². The van der Waals surface area contributed by atoms with E-state index in [4.69, 9.17) is 4.74 Å². The molecule has 0 aliphatic rings. The summed E-state index contributed by atoms with van der Waals surface area (Å²) in [5.74, 6) is 1.62. The summed E-state index contributed by atoms with van der Waals surface area (Å²) in [6.07, 6.45) is 3.85.